The zero-order valence-electron chi connectivity index (χ0n) is 7.78. The Morgan fingerprint density at radius 3 is 2.60 bits per heavy atom. The van der Waals surface area contributed by atoms with E-state index in [4.69, 9.17) is 10.2 Å². The Morgan fingerprint density at radius 2 is 2.07 bits per heavy atom. The lowest BCUT2D eigenvalue weighted by Crippen LogP contribution is -2.15. The van der Waals surface area contributed by atoms with Crippen LogP contribution in [0.25, 0.3) is 0 Å². The molecule has 0 saturated carbocycles. The van der Waals surface area contributed by atoms with Gasteiger partial charge in [0.05, 0.1) is 5.92 Å². The molecule has 1 atom stereocenters. The predicted octanol–water partition coefficient (Wildman–Crippen LogP) is 1.52. The van der Waals surface area contributed by atoms with Gasteiger partial charge in [-0.15, -0.1) is 0 Å². The van der Waals surface area contributed by atoms with Crippen LogP contribution in [0.5, 0.6) is 0 Å². The molecule has 5 heteroatoms. The average molecular weight is 216 g/mol. The van der Waals surface area contributed by atoms with Crippen LogP contribution in [0.15, 0.2) is 18.2 Å². The number of benzene rings is 1. The molecule has 0 aliphatic carbocycles. The summed E-state index contributed by atoms with van der Waals surface area (Å²) in [6, 6.07) is 2.62. The van der Waals surface area contributed by atoms with Gasteiger partial charge in [-0.2, -0.15) is 0 Å². The summed E-state index contributed by atoms with van der Waals surface area (Å²) < 4.78 is 26.0. The van der Waals surface area contributed by atoms with Crippen molar-refractivity contribution in [3.05, 3.63) is 35.4 Å². The summed E-state index contributed by atoms with van der Waals surface area (Å²) in [7, 11) is 0. The largest absolute Gasteiger partial charge is 0.481 e. The molecule has 0 aromatic heterocycles. The second kappa shape index (κ2) is 4.84. The third-order valence-electron chi connectivity index (χ3n) is 2.05. The fourth-order valence-corrected chi connectivity index (χ4v) is 1.32. The van der Waals surface area contributed by atoms with Gasteiger partial charge in [-0.25, -0.2) is 8.78 Å². The molecule has 0 heterocycles. The number of carboxylic acid groups (broad SMARTS) is 1. The van der Waals surface area contributed by atoms with Crippen molar-refractivity contribution >= 4 is 5.97 Å². The van der Waals surface area contributed by atoms with Gasteiger partial charge in [0.15, 0.2) is 0 Å². The van der Waals surface area contributed by atoms with E-state index in [-0.39, 0.29) is 12.0 Å². The fourth-order valence-electron chi connectivity index (χ4n) is 1.32. The van der Waals surface area contributed by atoms with Crippen molar-refractivity contribution in [2.75, 3.05) is 6.61 Å². The van der Waals surface area contributed by atoms with Crippen LogP contribution in [0, 0.1) is 11.6 Å². The van der Waals surface area contributed by atoms with E-state index in [0.29, 0.717) is 0 Å². The lowest BCUT2D eigenvalue weighted by Gasteiger charge is -2.11. The molecule has 0 saturated heterocycles. The van der Waals surface area contributed by atoms with Crippen molar-refractivity contribution in [2.45, 2.75) is 12.3 Å². The molecule has 1 unspecified atom stereocenters. The van der Waals surface area contributed by atoms with Crippen molar-refractivity contribution in [1.29, 1.82) is 0 Å². The lowest BCUT2D eigenvalue weighted by molar-refractivity contribution is -0.139. The molecular formula is C10H10F2O3. The van der Waals surface area contributed by atoms with Crippen molar-refractivity contribution < 1.29 is 23.8 Å². The SMILES string of the molecule is O=C(O)C(CCO)c1cc(F)ccc1F. The van der Waals surface area contributed by atoms with E-state index in [0.717, 1.165) is 18.2 Å². The molecule has 0 aliphatic heterocycles. The Kier molecular flexibility index (Phi) is 3.74. The highest BCUT2D eigenvalue weighted by Gasteiger charge is 2.22. The van der Waals surface area contributed by atoms with Gasteiger partial charge in [0.25, 0.3) is 0 Å². The molecule has 0 amide bonds. The summed E-state index contributed by atoms with van der Waals surface area (Å²) in [5, 5.41) is 17.4. The molecule has 82 valence electrons. The van der Waals surface area contributed by atoms with Gasteiger partial charge in [-0.3, -0.25) is 4.79 Å². The normalized spacial score (nSPS) is 12.5. The van der Waals surface area contributed by atoms with E-state index in [2.05, 4.69) is 0 Å². The first-order valence-electron chi connectivity index (χ1n) is 4.35. The molecule has 3 nitrogen and oxygen atoms in total. The number of halogens is 2. The third kappa shape index (κ3) is 2.73. The Hall–Kier alpha value is -1.49. The Labute approximate surface area is 85.0 Å². The van der Waals surface area contributed by atoms with E-state index >= 15 is 0 Å². The topological polar surface area (TPSA) is 57.5 Å². The number of aliphatic hydroxyl groups is 1. The zero-order valence-corrected chi connectivity index (χ0v) is 7.78. The molecule has 1 aromatic rings. The van der Waals surface area contributed by atoms with E-state index in [1.54, 1.807) is 0 Å². The van der Waals surface area contributed by atoms with Crippen LogP contribution in [0.3, 0.4) is 0 Å². The van der Waals surface area contributed by atoms with E-state index in [1.807, 2.05) is 0 Å². The Bertz CT molecular complexity index is 366. The monoisotopic (exact) mass is 216 g/mol. The Balaban J connectivity index is 3.09. The molecular weight excluding hydrogens is 206 g/mol. The van der Waals surface area contributed by atoms with Gasteiger partial charge in [-0.1, -0.05) is 0 Å². The van der Waals surface area contributed by atoms with Crippen LogP contribution in [-0.2, 0) is 4.79 Å². The molecule has 0 bridgehead atoms. The van der Waals surface area contributed by atoms with Gasteiger partial charge in [0.2, 0.25) is 0 Å². The first-order valence-corrected chi connectivity index (χ1v) is 4.35. The molecule has 0 spiro atoms. The number of hydrogen-bond acceptors (Lipinski definition) is 2. The maximum Gasteiger partial charge on any atom is 0.311 e. The minimum atomic E-state index is -1.28. The second-order valence-electron chi connectivity index (χ2n) is 3.07. The quantitative estimate of drug-likeness (QED) is 0.802. The van der Waals surface area contributed by atoms with Crippen molar-refractivity contribution in [2.24, 2.45) is 0 Å². The minimum absolute atomic E-state index is 0.143. The highest BCUT2D eigenvalue weighted by Crippen LogP contribution is 2.23. The molecule has 0 fully saturated rings. The van der Waals surface area contributed by atoms with E-state index < -0.39 is 30.1 Å². The number of rotatable bonds is 4. The number of aliphatic carboxylic acids is 1. The maximum absolute atomic E-state index is 13.2. The summed E-state index contributed by atoms with van der Waals surface area (Å²) in [5.41, 5.74) is -0.239. The summed E-state index contributed by atoms with van der Waals surface area (Å²) in [6.07, 6.45) is -0.143. The maximum atomic E-state index is 13.2. The first-order chi connectivity index (χ1) is 7.06. The summed E-state index contributed by atoms with van der Waals surface area (Å²) in [6.45, 7) is -0.396. The van der Waals surface area contributed by atoms with Crippen molar-refractivity contribution in [3.8, 4) is 0 Å². The first kappa shape index (κ1) is 11.6. The predicted molar refractivity (Wildman–Crippen MR) is 48.4 cm³/mol. The van der Waals surface area contributed by atoms with Crippen LogP contribution in [0.2, 0.25) is 0 Å². The lowest BCUT2D eigenvalue weighted by atomic mass is 9.95. The van der Waals surface area contributed by atoms with E-state index in [9.17, 15) is 13.6 Å². The minimum Gasteiger partial charge on any atom is -0.481 e. The summed E-state index contributed by atoms with van der Waals surface area (Å²) in [5.74, 6) is -3.98. The highest BCUT2D eigenvalue weighted by molar-refractivity contribution is 5.76. The number of carboxylic acids is 1. The molecule has 0 aliphatic rings. The third-order valence-corrected chi connectivity index (χ3v) is 2.05. The fraction of sp³-hybridized carbons (Fsp3) is 0.300. The molecule has 1 rings (SSSR count). The number of aliphatic hydroxyl groups excluding tert-OH is 1. The van der Waals surface area contributed by atoms with Gasteiger partial charge in [-0.05, 0) is 24.6 Å². The van der Waals surface area contributed by atoms with Crippen LogP contribution < -0.4 is 0 Å². The molecule has 1 aromatic carbocycles. The van der Waals surface area contributed by atoms with Gasteiger partial charge in [0.1, 0.15) is 11.6 Å². The van der Waals surface area contributed by atoms with Crippen LogP contribution in [0.4, 0.5) is 8.78 Å². The molecule has 15 heavy (non-hydrogen) atoms. The smallest absolute Gasteiger partial charge is 0.311 e. The van der Waals surface area contributed by atoms with E-state index in [1.165, 1.54) is 0 Å². The van der Waals surface area contributed by atoms with Crippen LogP contribution in [0.1, 0.15) is 17.9 Å². The van der Waals surface area contributed by atoms with Crippen molar-refractivity contribution in [3.63, 3.8) is 0 Å². The number of hydrogen-bond donors (Lipinski definition) is 2. The van der Waals surface area contributed by atoms with Crippen LogP contribution in [-0.4, -0.2) is 22.8 Å². The second-order valence-corrected chi connectivity index (χ2v) is 3.07. The van der Waals surface area contributed by atoms with Crippen LogP contribution >= 0.6 is 0 Å². The molecule has 2 N–H and O–H groups in total. The average Bonchev–Trinajstić information content (AvgIpc) is 2.18. The van der Waals surface area contributed by atoms with Gasteiger partial charge in [0, 0.05) is 12.2 Å². The Morgan fingerprint density at radius 1 is 1.40 bits per heavy atom. The molecule has 0 radical (unpaired) electrons. The summed E-state index contributed by atoms with van der Waals surface area (Å²) in [4.78, 5) is 10.8. The number of carbonyl (C=O) groups is 1. The van der Waals surface area contributed by atoms with Gasteiger partial charge >= 0.3 is 5.97 Å². The zero-order chi connectivity index (χ0) is 11.4. The van der Waals surface area contributed by atoms with Crippen molar-refractivity contribution in [1.82, 2.24) is 0 Å². The highest BCUT2D eigenvalue weighted by atomic mass is 19.1. The summed E-state index contributed by atoms with van der Waals surface area (Å²) >= 11 is 0. The van der Waals surface area contributed by atoms with Gasteiger partial charge < -0.3 is 10.2 Å². The standard InChI is InChI=1S/C10H10F2O3/c11-6-1-2-9(12)8(5-6)7(3-4-13)10(14)15/h1-2,5,7,13H,3-4H2,(H,14,15).